The number of furan rings is 1. The molecule has 0 amide bonds. The van der Waals surface area contributed by atoms with E-state index in [0.717, 1.165) is 0 Å². The van der Waals surface area contributed by atoms with E-state index < -0.39 is 5.97 Å². The Morgan fingerprint density at radius 3 is 2.65 bits per heavy atom. The predicted octanol–water partition coefficient (Wildman–Crippen LogP) is 2.85. The molecule has 6 heteroatoms. The third kappa shape index (κ3) is 4.91. The van der Waals surface area contributed by atoms with Crippen LogP contribution in [0.5, 0.6) is 0 Å². The molecule has 0 aliphatic heterocycles. The van der Waals surface area contributed by atoms with Crippen LogP contribution in [0, 0.1) is 5.82 Å². The van der Waals surface area contributed by atoms with Crippen molar-refractivity contribution in [2.45, 2.75) is 13.1 Å². The molecule has 0 unspecified atom stereocenters. The lowest BCUT2D eigenvalue weighted by Gasteiger charge is -2.21. The van der Waals surface area contributed by atoms with Gasteiger partial charge in [0.25, 0.3) is 0 Å². The van der Waals surface area contributed by atoms with Crippen LogP contribution in [-0.2, 0) is 22.6 Å². The summed E-state index contributed by atoms with van der Waals surface area (Å²) in [5, 5.41) is 0. The second kappa shape index (κ2) is 8.45. The molecule has 0 bridgehead atoms. The van der Waals surface area contributed by atoms with Gasteiger partial charge in [-0.3, -0.25) is 4.90 Å². The molecule has 2 rings (SSSR count). The maximum atomic E-state index is 13.8. The Morgan fingerprint density at radius 1 is 1.17 bits per heavy atom. The van der Waals surface area contributed by atoms with Crippen molar-refractivity contribution in [3.05, 3.63) is 59.3 Å². The van der Waals surface area contributed by atoms with Crippen molar-refractivity contribution in [3.8, 4) is 0 Å². The molecule has 0 aliphatic carbocycles. The van der Waals surface area contributed by atoms with Crippen LogP contribution in [0.15, 0.2) is 40.8 Å². The summed E-state index contributed by atoms with van der Waals surface area (Å²) in [5.74, 6) is -0.00340. The third-order valence-electron chi connectivity index (χ3n) is 3.39. The van der Waals surface area contributed by atoms with E-state index in [-0.39, 0.29) is 11.6 Å². The van der Waals surface area contributed by atoms with Crippen molar-refractivity contribution in [3.63, 3.8) is 0 Å². The molecule has 124 valence electrons. The van der Waals surface area contributed by atoms with E-state index in [1.807, 2.05) is 4.90 Å². The summed E-state index contributed by atoms with van der Waals surface area (Å²) in [6.07, 6.45) is 0. The SMILES string of the molecule is COCCN(Cc1ccc(C(=O)OC)o1)Cc1ccccc1F. The second-order valence-electron chi connectivity index (χ2n) is 5.05. The lowest BCUT2D eigenvalue weighted by atomic mass is 10.2. The molecule has 0 N–H and O–H groups in total. The van der Waals surface area contributed by atoms with E-state index in [9.17, 15) is 9.18 Å². The van der Waals surface area contributed by atoms with Crippen LogP contribution in [-0.4, -0.2) is 38.2 Å². The van der Waals surface area contributed by atoms with Gasteiger partial charge in [-0.25, -0.2) is 9.18 Å². The van der Waals surface area contributed by atoms with Gasteiger partial charge in [-0.2, -0.15) is 0 Å². The fraction of sp³-hybridized carbons (Fsp3) is 0.353. The summed E-state index contributed by atoms with van der Waals surface area (Å²) in [6, 6.07) is 9.93. The maximum Gasteiger partial charge on any atom is 0.373 e. The first kappa shape index (κ1) is 17.2. The number of carbonyl (C=O) groups is 1. The Bertz CT molecular complexity index is 641. The summed E-state index contributed by atoms with van der Waals surface area (Å²) in [6.45, 7) is 1.98. The van der Waals surface area contributed by atoms with Crippen molar-refractivity contribution >= 4 is 5.97 Å². The normalized spacial score (nSPS) is 11.0. The molecule has 2 aromatic rings. The van der Waals surface area contributed by atoms with Gasteiger partial charge in [0.15, 0.2) is 0 Å². The van der Waals surface area contributed by atoms with Crippen LogP contribution in [0.3, 0.4) is 0 Å². The van der Waals surface area contributed by atoms with E-state index in [4.69, 9.17) is 9.15 Å². The molecular weight excluding hydrogens is 301 g/mol. The van der Waals surface area contributed by atoms with Crippen molar-refractivity contribution in [1.82, 2.24) is 4.90 Å². The highest BCUT2D eigenvalue weighted by Gasteiger charge is 2.15. The van der Waals surface area contributed by atoms with Gasteiger partial charge in [-0.05, 0) is 18.2 Å². The average Bonchev–Trinajstić information content (AvgIpc) is 3.02. The van der Waals surface area contributed by atoms with Crippen LogP contribution in [0.2, 0.25) is 0 Å². The number of methoxy groups -OCH3 is 2. The first-order valence-corrected chi connectivity index (χ1v) is 7.25. The van der Waals surface area contributed by atoms with Crippen LogP contribution in [0.1, 0.15) is 21.9 Å². The molecule has 0 saturated heterocycles. The van der Waals surface area contributed by atoms with Crippen LogP contribution in [0.4, 0.5) is 4.39 Å². The molecule has 1 heterocycles. The minimum atomic E-state index is -0.520. The number of esters is 1. The lowest BCUT2D eigenvalue weighted by Crippen LogP contribution is -2.27. The Kier molecular flexibility index (Phi) is 6.31. The topological polar surface area (TPSA) is 51.9 Å². The van der Waals surface area contributed by atoms with Crippen molar-refractivity contribution < 1.29 is 23.1 Å². The summed E-state index contributed by atoms with van der Waals surface area (Å²) in [5.41, 5.74) is 0.600. The van der Waals surface area contributed by atoms with E-state index in [0.29, 0.717) is 37.6 Å². The Morgan fingerprint density at radius 2 is 1.96 bits per heavy atom. The standard InChI is InChI=1S/C17H20FNO4/c1-21-10-9-19(11-13-5-3-4-6-15(13)18)12-14-7-8-16(23-14)17(20)22-2/h3-8H,9-12H2,1-2H3. The zero-order valence-electron chi connectivity index (χ0n) is 13.3. The van der Waals surface area contributed by atoms with Gasteiger partial charge in [-0.15, -0.1) is 0 Å². The Balaban J connectivity index is 2.07. The minimum Gasteiger partial charge on any atom is -0.463 e. The highest BCUT2D eigenvalue weighted by molar-refractivity contribution is 5.86. The molecule has 0 aliphatic rings. The molecule has 0 spiro atoms. The molecule has 0 saturated carbocycles. The van der Waals surface area contributed by atoms with Gasteiger partial charge >= 0.3 is 5.97 Å². The molecular formula is C17H20FNO4. The lowest BCUT2D eigenvalue weighted by molar-refractivity contribution is 0.0560. The average molecular weight is 321 g/mol. The zero-order chi connectivity index (χ0) is 16.7. The van der Waals surface area contributed by atoms with Gasteiger partial charge in [0.2, 0.25) is 5.76 Å². The summed E-state index contributed by atoms with van der Waals surface area (Å²) < 4.78 is 29.0. The van der Waals surface area contributed by atoms with E-state index in [2.05, 4.69) is 4.74 Å². The Hall–Kier alpha value is -2.18. The number of carbonyl (C=O) groups excluding carboxylic acids is 1. The van der Waals surface area contributed by atoms with Crippen LogP contribution < -0.4 is 0 Å². The number of benzene rings is 1. The van der Waals surface area contributed by atoms with E-state index in [1.165, 1.54) is 13.2 Å². The van der Waals surface area contributed by atoms with Crippen LogP contribution >= 0.6 is 0 Å². The number of ether oxygens (including phenoxy) is 2. The van der Waals surface area contributed by atoms with Crippen molar-refractivity contribution in [2.75, 3.05) is 27.4 Å². The zero-order valence-corrected chi connectivity index (χ0v) is 13.3. The van der Waals surface area contributed by atoms with E-state index in [1.54, 1.807) is 37.4 Å². The quantitative estimate of drug-likeness (QED) is 0.700. The Labute approximate surface area is 134 Å². The number of rotatable bonds is 8. The molecule has 1 aromatic carbocycles. The maximum absolute atomic E-state index is 13.8. The van der Waals surface area contributed by atoms with Crippen LogP contribution in [0.25, 0.3) is 0 Å². The predicted molar refractivity (Wildman–Crippen MR) is 82.4 cm³/mol. The van der Waals surface area contributed by atoms with Crippen molar-refractivity contribution in [2.24, 2.45) is 0 Å². The summed E-state index contributed by atoms with van der Waals surface area (Å²) >= 11 is 0. The summed E-state index contributed by atoms with van der Waals surface area (Å²) in [4.78, 5) is 13.4. The molecule has 1 aromatic heterocycles. The number of hydrogen-bond donors (Lipinski definition) is 0. The number of hydrogen-bond acceptors (Lipinski definition) is 5. The fourth-order valence-corrected chi connectivity index (χ4v) is 2.20. The number of halogens is 1. The monoisotopic (exact) mass is 321 g/mol. The van der Waals surface area contributed by atoms with Gasteiger partial charge in [0.05, 0.1) is 20.3 Å². The first-order chi connectivity index (χ1) is 11.1. The highest BCUT2D eigenvalue weighted by atomic mass is 19.1. The number of nitrogens with zero attached hydrogens (tertiary/aromatic N) is 1. The molecule has 0 radical (unpaired) electrons. The third-order valence-corrected chi connectivity index (χ3v) is 3.39. The van der Waals surface area contributed by atoms with Crippen molar-refractivity contribution in [1.29, 1.82) is 0 Å². The highest BCUT2D eigenvalue weighted by Crippen LogP contribution is 2.15. The largest absolute Gasteiger partial charge is 0.463 e. The van der Waals surface area contributed by atoms with Gasteiger partial charge < -0.3 is 13.9 Å². The summed E-state index contributed by atoms with van der Waals surface area (Å²) in [7, 11) is 2.91. The van der Waals surface area contributed by atoms with Gasteiger partial charge in [0.1, 0.15) is 11.6 Å². The van der Waals surface area contributed by atoms with Gasteiger partial charge in [-0.1, -0.05) is 18.2 Å². The molecule has 0 atom stereocenters. The van der Waals surface area contributed by atoms with E-state index >= 15 is 0 Å². The molecule has 5 nitrogen and oxygen atoms in total. The minimum absolute atomic E-state index is 0.153. The van der Waals surface area contributed by atoms with Gasteiger partial charge in [0, 0.05) is 25.8 Å². The molecule has 0 fully saturated rings. The smallest absolute Gasteiger partial charge is 0.373 e. The molecule has 23 heavy (non-hydrogen) atoms. The fourth-order valence-electron chi connectivity index (χ4n) is 2.20. The second-order valence-corrected chi connectivity index (χ2v) is 5.05. The first-order valence-electron chi connectivity index (χ1n) is 7.25.